The fraction of sp³-hybridized carbons (Fsp3) is 0.471. The van der Waals surface area contributed by atoms with Gasteiger partial charge in [0.25, 0.3) is 0 Å². The molecule has 0 amide bonds. The Hall–Kier alpha value is -3.21. The van der Waals surface area contributed by atoms with E-state index >= 15 is 0 Å². The Kier molecular flexibility index (Phi) is 13.5. The van der Waals surface area contributed by atoms with E-state index in [1.54, 1.807) is 12.1 Å². The van der Waals surface area contributed by atoms with E-state index in [0.717, 1.165) is 54.9 Å². The first kappa shape index (κ1) is 30.3. The van der Waals surface area contributed by atoms with Crippen LogP contribution in [0.3, 0.4) is 0 Å². The second-order valence-electron chi connectivity index (χ2n) is 10.2. The standard InChI is InChI=1S/C34H44FNO3/c1-3-5-7-9-11-13-15-27-16-22-31(32(35)25-27)34(37)39-30-21-23-33(36-26-30)28-17-19-29(20-18-28)38-24-14-12-10-8-6-4-2/h16-23,25-26H,3-15,24H2,1-2H3. The highest BCUT2D eigenvalue weighted by atomic mass is 19.1. The molecule has 0 bridgehead atoms. The van der Waals surface area contributed by atoms with E-state index in [9.17, 15) is 9.18 Å². The van der Waals surface area contributed by atoms with Crippen molar-refractivity contribution >= 4 is 5.97 Å². The predicted octanol–water partition coefficient (Wildman–Crippen LogP) is 9.75. The predicted molar refractivity (Wildman–Crippen MR) is 157 cm³/mol. The van der Waals surface area contributed by atoms with Crippen LogP contribution in [0.5, 0.6) is 11.5 Å². The Labute approximate surface area is 234 Å². The highest BCUT2D eigenvalue weighted by molar-refractivity contribution is 5.91. The summed E-state index contributed by atoms with van der Waals surface area (Å²) in [5, 5.41) is 0. The number of benzene rings is 2. The molecule has 1 aromatic heterocycles. The third kappa shape index (κ3) is 10.8. The third-order valence-electron chi connectivity index (χ3n) is 6.94. The lowest BCUT2D eigenvalue weighted by atomic mass is 10.0. The minimum Gasteiger partial charge on any atom is -0.494 e. The van der Waals surface area contributed by atoms with E-state index < -0.39 is 11.8 Å². The van der Waals surface area contributed by atoms with E-state index in [-0.39, 0.29) is 11.3 Å². The van der Waals surface area contributed by atoms with Crippen molar-refractivity contribution in [3.05, 3.63) is 77.7 Å². The van der Waals surface area contributed by atoms with Gasteiger partial charge < -0.3 is 9.47 Å². The van der Waals surface area contributed by atoms with E-state index in [1.165, 1.54) is 76.1 Å². The number of halogens is 1. The second kappa shape index (κ2) is 17.4. The maximum atomic E-state index is 14.6. The van der Waals surface area contributed by atoms with Gasteiger partial charge in [-0.1, -0.05) is 84.1 Å². The molecule has 3 rings (SSSR count). The number of pyridine rings is 1. The summed E-state index contributed by atoms with van der Waals surface area (Å²) in [4.78, 5) is 17.0. The minimum absolute atomic E-state index is 0.0673. The van der Waals surface area contributed by atoms with E-state index in [2.05, 4.69) is 18.8 Å². The number of esters is 1. The highest BCUT2D eigenvalue weighted by Gasteiger charge is 2.15. The van der Waals surface area contributed by atoms with Gasteiger partial charge in [-0.3, -0.25) is 4.98 Å². The smallest absolute Gasteiger partial charge is 0.346 e. The van der Waals surface area contributed by atoms with Crippen LogP contribution < -0.4 is 9.47 Å². The summed E-state index contributed by atoms with van der Waals surface area (Å²) < 4.78 is 25.9. The van der Waals surface area contributed by atoms with Crippen molar-refractivity contribution in [2.24, 2.45) is 0 Å². The first-order chi connectivity index (χ1) is 19.1. The molecule has 2 aromatic carbocycles. The molecule has 210 valence electrons. The number of rotatable bonds is 18. The Morgan fingerprint density at radius 3 is 2.03 bits per heavy atom. The van der Waals surface area contributed by atoms with Crippen LogP contribution in [0.2, 0.25) is 0 Å². The van der Waals surface area contributed by atoms with Crippen molar-refractivity contribution < 1.29 is 18.7 Å². The number of carbonyl (C=O) groups is 1. The molecule has 0 unspecified atom stereocenters. The van der Waals surface area contributed by atoms with E-state index in [0.29, 0.717) is 0 Å². The fourth-order valence-electron chi connectivity index (χ4n) is 4.56. The summed E-state index contributed by atoms with van der Waals surface area (Å²) in [6.07, 6.45) is 16.9. The molecule has 0 N–H and O–H groups in total. The molecule has 0 aliphatic heterocycles. The number of unbranched alkanes of at least 4 members (excludes halogenated alkanes) is 10. The SMILES string of the molecule is CCCCCCCCOc1ccc(-c2ccc(OC(=O)c3ccc(CCCCCCCC)cc3F)cn2)cc1. The lowest BCUT2D eigenvalue weighted by molar-refractivity contribution is 0.0729. The number of hydrogen-bond acceptors (Lipinski definition) is 4. The van der Waals surface area contributed by atoms with Gasteiger partial charge in [0.2, 0.25) is 0 Å². The summed E-state index contributed by atoms with van der Waals surface area (Å²) in [7, 11) is 0. The minimum atomic E-state index is -0.722. The molecule has 0 fully saturated rings. The fourth-order valence-corrected chi connectivity index (χ4v) is 4.56. The van der Waals surface area contributed by atoms with Crippen molar-refractivity contribution in [2.75, 3.05) is 6.61 Å². The van der Waals surface area contributed by atoms with Crippen molar-refractivity contribution in [1.29, 1.82) is 0 Å². The summed E-state index contributed by atoms with van der Waals surface area (Å²) in [6.45, 7) is 5.16. The largest absolute Gasteiger partial charge is 0.494 e. The number of hydrogen-bond donors (Lipinski definition) is 0. The lowest BCUT2D eigenvalue weighted by Crippen LogP contribution is -2.11. The Morgan fingerprint density at radius 2 is 1.38 bits per heavy atom. The van der Waals surface area contributed by atoms with E-state index in [1.807, 2.05) is 30.3 Å². The Balaban J connectivity index is 1.45. The molecule has 0 aliphatic carbocycles. The zero-order valence-electron chi connectivity index (χ0n) is 23.7. The monoisotopic (exact) mass is 533 g/mol. The Morgan fingerprint density at radius 1 is 0.744 bits per heavy atom. The molecule has 0 atom stereocenters. The zero-order valence-corrected chi connectivity index (χ0v) is 23.7. The molecule has 3 aromatic rings. The molecule has 0 saturated carbocycles. The first-order valence-corrected chi connectivity index (χ1v) is 14.8. The molecule has 39 heavy (non-hydrogen) atoms. The molecule has 0 aliphatic rings. The number of nitrogens with zero attached hydrogens (tertiary/aromatic N) is 1. The normalized spacial score (nSPS) is 10.9. The maximum Gasteiger partial charge on any atom is 0.346 e. The molecule has 0 spiro atoms. The van der Waals surface area contributed by atoms with Crippen LogP contribution in [0.25, 0.3) is 11.3 Å². The van der Waals surface area contributed by atoms with Crippen LogP contribution in [-0.2, 0) is 6.42 Å². The van der Waals surface area contributed by atoms with Crippen molar-refractivity contribution in [3.8, 4) is 22.8 Å². The van der Waals surface area contributed by atoms with Crippen LogP contribution in [-0.4, -0.2) is 17.6 Å². The summed E-state index contributed by atoms with van der Waals surface area (Å²) in [5.74, 6) is -0.150. The van der Waals surface area contributed by atoms with Gasteiger partial charge in [0, 0.05) is 5.56 Å². The van der Waals surface area contributed by atoms with Crippen molar-refractivity contribution in [1.82, 2.24) is 4.98 Å². The zero-order chi connectivity index (χ0) is 27.7. The van der Waals surface area contributed by atoms with Crippen molar-refractivity contribution in [2.45, 2.75) is 97.3 Å². The first-order valence-electron chi connectivity index (χ1n) is 14.8. The average molecular weight is 534 g/mol. The van der Waals surface area contributed by atoms with Gasteiger partial charge in [-0.25, -0.2) is 9.18 Å². The summed E-state index contributed by atoms with van der Waals surface area (Å²) in [5.41, 5.74) is 2.53. The quantitative estimate of drug-likeness (QED) is 0.121. The van der Waals surface area contributed by atoms with Crippen LogP contribution in [0.15, 0.2) is 60.8 Å². The topological polar surface area (TPSA) is 48.4 Å². The highest BCUT2D eigenvalue weighted by Crippen LogP contribution is 2.24. The number of aryl methyl sites for hydroxylation is 1. The summed E-state index contributed by atoms with van der Waals surface area (Å²) >= 11 is 0. The molecule has 4 nitrogen and oxygen atoms in total. The second-order valence-corrected chi connectivity index (χ2v) is 10.2. The van der Waals surface area contributed by atoms with Gasteiger partial charge in [0.05, 0.1) is 24.1 Å². The van der Waals surface area contributed by atoms with Crippen LogP contribution >= 0.6 is 0 Å². The molecular formula is C34H44FNO3. The Bertz CT molecular complexity index is 1110. The number of carbonyl (C=O) groups excluding carboxylic acids is 1. The molecule has 1 heterocycles. The van der Waals surface area contributed by atoms with Gasteiger partial charge >= 0.3 is 5.97 Å². The molecule has 0 radical (unpaired) electrons. The number of ether oxygens (including phenoxy) is 2. The molecule has 0 saturated heterocycles. The van der Waals surface area contributed by atoms with Crippen LogP contribution in [0, 0.1) is 5.82 Å². The van der Waals surface area contributed by atoms with Gasteiger partial charge in [-0.05, 0) is 73.4 Å². The van der Waals surface area contributed by atoms with Gasteiger partial charge in [0.15, 0.2) is 0 Å². The van der Waals surface area contributed by atoms with Gasteiger partial charge in [-0.15, -0.1) is 0 Å². The van der Waals surface area contributed by atoms with Gasteiger partial charge in [0.1, 0.15) is 17.3 Å². The number of aromatic nitrogens is 1. The van der Waals surface area contributed by atoms with Crippen molar-refractivity contribution in [3.63, 3.8) is 0 Å². The third-order valence-corrected chi connectivity index (χ3v) is 6.94. The van der Waals surface area contributed by atoms with Crippen LogP contribution in [0.1, 0.15) is 107 Å². The average Bonchev–Trinajstić information content (AvgIpc) is 2.95. The van der Waals surface area contributed by atoms with Crippen LogP contribution in [0.4, 0.5) is 4.39 Å². The molecule has 5 heteroatoms. The summed E-state index contributed by atoms with van der Waals surface area (Å²) in [6, 6.07) is 16.1. The van der Waals surface area contributed by atoms with Gasteiger partial charge in [-0.2, -0.15) is 0 Å². The van der Waals surface area contributed by atoms with E-state index in [4.69, 9.17) is 9.47 Å². The maximum absolute atomic E-state index is 14.6. The lowest BCUT2D eigenvalue weighted by Gasteiger charge is -2.09. The molecular weight excluding hydrogens is 489 g/mol.